The Labute approximate surface area is 230 Å². The minimum Gasteiger partial charge on any atom is -0.744 e. The second-order valence-corrected chi connectivity index (χ2v) is 9.18. The molecular formula is C17H17N3Na2O8S2. The van der Waals surface area contributed by atoms with Crippen molar-refractivity contribution in [3.05, 3.63) is 35.9 Å². The maximum absolute atomic E-state index is 11.8. The normalized spacial score (nSPS) is 14.7. The van der Waals surface area contributed by atoms with E-state index in [0.29, 0.717) is 6.07 Å². The van der Waals surface area contributed by atoms with E-state index >= 15 is 0 Å². The number of azo groups is 1. The first-order valence-corrected chi connectivity index (χ1v) is 11.4. The summed E-state index contributed by atoms with van der Waals surface area (Å²) in [6.45, 7) is 2.56. The number of ether oxygens (including phenoxy) is 1. The zero-order chi connectivity index (χ0) is 22.1. The van der Waals surface area contributed by atoms with E-state index in [0.717, 1.165) is 11.6 Å². The number of phenolic OH excluding ortho intramolecular Hbond substituents is 1. The molecule has 2 aromatic rings. The fourth-order valence-corrected chi connectivity index (χ4v) is 4.21. The van der Waals surface area contributed by atoms with Gasteiger partial charge in [-0.05, 0) is 36.8 Å². The first kappa shape index (κ1) is 29.5. The third kappa shape index (κ3) is 7.21. The number of nitrogens with zero attached hydrogens (tertiary/aromatic N) is 3. The second-order valence-electron chi connectivity index (χ2n) is 6.49. The van der Waals surface area contributed by atoms with Gasteiger partial charge in [0.15, 0.2) is 0 Å². The quantitative estimate of drug-likeness (QED) is 0.242. The smallest absolute Gasteiger partial charge is 0.744 e. The molecule has 0 radical (unpaired) electrons. The summed E-state index contributed by atoms with van der Waals surface area (Å²) in [4.78, 5) is -0.138. The molecule has 0 saturated carbocycles. The predicted molar refractivity (Wildman–Crippen MR) is 102 cm³/mol. The summed E-state index contributed by atoms with van der Waals surface area (Å²) >= 11 is 0. The fourth-order valence-electron chi connectivity index (χ4n) is 2.89. The zero-order valence-electron chi connectivity index (χ0n) is 17.7. The van der Waals surface area contributed by atoms with Crippen LogP contribution in [0.1, 0.15) is 5.56 Å². The molecule has 3 rings (SSSR count). The fraction of sp³-hybridized carbons (Fsp3) is 0.294. The van der Waals surface area contributed by atoms with Gasteiger partial charge in [-0.2, -0.15) is 0 Å². The van der Waals surface area contributed by atoms with Gasteiger partial charge in [-0.25, -0.2) is 16.8 Å². The Kier molecular flexibility index (Phi) is 10.8. The molecular weight excluding hydrogens is 484 g/mol. The molecule has 0 bridgehead atoms. The van der Waals surface area contributed by atoms with Gasteiger partial charge in [0.2, 0.25) is 0 Å². The summed E-state index contributed by atoms with van der Waals surface area (Å²) < 4.78 is 76.0. The van der Waals surface area contributed by atoms with Gasteiger partial charge < -0.3 is 23.8 Å². The Bertz CT molecular complexity index is 1210. The summed E-state index contributed by atoms with van der Waals surface area (Å²) in [6, 6.07) is 5.89. The predicted octanol–water partition coefficient (Wildman–Crippen LogP) is -4.23. The first-order valence-electron chi connectivity index (χ1n) is 8.61. The molecule has 162 valence electrons. The van der Waals surface area contributed by atoms with Crippen LogP contribution in [0.3, 0.4) is 0 Å². The van der Waals surface area contributed by atoms with Crippen LogP contribution in [0.2, 0.25) is 0 Å². The molecule has 15 heteroatoms. The van der Waals surface area contributed by atoms with Crippen LogP contribution in [0.15, 0.2) is 50.4 Å². The van der Waals surface area contributed by atoms with Crippen molar-refractivity contribution in [2.75, 3.05) is 31.2 Å². The van der Waals surface area contributed by atoms with Crippen molar-refractivity contribution in [1.29, 1.82) is 0 Å². The Balaban J connectivity index is 0.00000256. The summed E-state index contributed by atoms with van der Waals surface area (Å²) in [5.74, 6) is -0.258. The summed E-state index contributed by atoms with van der Waals surface area (Å²) in [5.41, 5.74) is -0.168. The second kappa shape index (κ2) is 11.7. The van der Waals surface area contributed by atoms with Crippen LogP contribution in [0.25, 0.3) is 0 Å². The van der Waals surface area contributed by atoms with Gasteiger partial charge in [-0.3, -0.25) is 0 Å². The molecule has 32 heavy (non-hydrogen) atoms. The van der Waals surface area contributed by atoms with Crippen LogP contribution in [0.5, 0.6) is 5.75 Å². The van der Waals surface area contributed by atoms with Crippen LogP contribution in [0.4, 0.5) is 17.1 Å². The maximum atomic E-state index is 11.8. The van der Waals surface area contributed by atoms with E-state index in [9.17, 15) is 31.0 Å². The van der Waals surface area contributed by atoms with Crippen LogP contribution < -0.4 is 64.0 Å². The number of hydrogen-bond donors (Lipinski definition) is 1. The van der Waals surface area contributed by atoms with E-state index in [1.165, 1.54) is 17.0 Å². The van der Waals surface area contributed by atoms with Crippen molar-refractivity contribution < 1.29 is 94.9 Å². The zero-order valence-corrected chi connectivity index (χ0v) is 23.3. The van der Waals surface area contributed by atoms with Gasteiger partial charge in [0, 0.05) is 13.1 Å². The molecule has 0 aliphatic carbocycles. The molecule has 0 unspecified atom stereocenters. The monoisotopic (exact) mass is 501 g/mol. The summed E-state index contributed by atoms with van der Waals surface area (Å²) in [7, 11) is -10.1. The van der Waals surface area contributed by atoms with Crippen LogP contribution in [-0.2, 0) is 25.0 Å². The first-order chi connectivity index (χ1) is 14.0. The van der Waals surface area contributed by atoms with Crippen molar-refractivity contribution in [3.8, 4) is 5.75 Å². The summed E-state index contributed by atoms with van der Waals surface area (Å²) in [6.07, 6.45) is 0. The largest absolute Gasteiger partial charge is 1.00 e. The molecule has 11 nitrogen and oxygen atoms in total. The molecule has 0 atom stereocenters. The molecule has 0 amide bonds. The van der Waals surface area contributed by atoms with Crippen LogP contribution in [-0.4, -0.2) is 57.4 Å². The van der Waals surface area contributed by atoms with Gasteiger partial charge in [-0.1, -0.05) is 6.07 Å². The number of phenols is 1. The average Bonchev–Trinajstić information content (AvgIpc) is 2.66. The van der Waals surface area contributed by atoms with Crippen molar-refractivity contribution in [3.63, 3.8) is 0 Å². The minimum absolute atomic E-state index is 0. The summed E-state index contributed by atoms with van der Waals surface area (Å²) in [5, 5.41) is 17.2. The van der Waals surface area contributed by atoms with Crippen molar-refractivity contribution in [1.82, 2.24) is 0 Å². The van der Waals surface area contributed by atoms with Gasteiger partial charge >= 0.3 is 59.1 Å². The van der Waals surface area contributed by atoms with Crippen LogP contribution in [0, 0.1) is 6.92 Å². The topological polar surface area (TPSA) is 172 Å². The van der Waals surface area contributed by atoms with Crippen molar-refractivity contribution in [2.45, 2.75) is 16.7 Å². The van der Waals surface area contributed by atoms with Gasteiger partial charge in [0.05, 0.1) is 28.7 Å². The molecule has 0 spiro atoms. The Hall–Kier alpha value is -0.580. The third-order valence-electron chi connectivity index (χ3n) is 4.33. The Morgan fingerprint density at radius 1 is 0.906 bits per heavy atom. The Morgan fingerprint density at radius 3 is 2.00 bits per heavy atom. The van der Waals surface area contributed by atoms with E-state index in [4.69, 9.17) is 4.74 Å². The number of aryl methyl sites for hydroxylation is 1. The number of hydrogen-bond acceptors (Lipinski definition) is 11. The van der Waals surface area contributed by atoms with E-state index in [-0.39, 0.29) is 103 Å². The van der Waals surface area contributed by atoms with Gasteiger partial charge in [0.1, 0.15) is 37.4 Å². The molecule has 2 aromatic carbocycles. The standard InChI is InChI=1S/C17H19N3O8S2.2Na/c1-11-2-3-12(15(21)8-11)18-19-13-9-17(30(25,26)27)14(10-16(13)29(22,23)24)20-4-6-28-7-5-20;;/h2-3,8-10,21H,4-7H2,1H3,(H,22,23,24)(H,25,26,27);;/q;2*+1/p-2. The molecule has 1 aliphatic rings. The molecule has 1 saturated heterocycles. The molecule has 1 N–H and O–H groups in total. The third-order valence-corrected chi connectivity index (χ3v) is 6.06. The maximum Gasteiger partial charge on any atom is 1.00 e. The van der Waals surface area contributed by atoms with Crippen molar-refractivity contribution in [2.24, 2.45) is 10.2 Å². The number of rotatable bonds is 5. The minimum atomic E-state index is -5.10. The SMILES string of the molecule is Cc1ccc(N=Nc2cc(S(=O)(=O)[O-])c(N3CCOCC3)cc2S(=O)(=O)[O-])c(O)c1.[Na+].[Na+]. The van der Waals surface area contributed by atoms with Crippen molar-refractivity contribution >= 4 is 37.3 Å². The van der Waals surface area contributed by atoms with E-state index in [1.807, 2.05) is 0 Å². The van der Waals surface area contributed by atoms with Crippen LogP contribution >= 0.6 is 0 Å². The molecule has 1 aliphatic heterocycles. The average molecular weight is 501 g/mol. The van der Waals surface area contributed by atoms with E-state index < -0.39 is 35.7 Å². The molecule has 0 aromatic heterocycles. The van der Waals surface area contributed by atoms with E-state index in [1.54, 1.807) is 13.0 Å². The number of aromatic hydroxyl groups is 1. The number of morpholine rings is 1. The number of anilines is 1. The molecule has 1 heterocycles. The van der Waals surface area contributed by atoms with E-state index in [2.05, 4.69) is 10.2 Å². The molecule has 1 fully saturated rings. The van der Waals surface area contributed by atoms with Gasteiger partial charge in [0.25, 0.3) is 0 Å². The Morgan fingerprint density at radius 2 is 1.47 bits per heavy atom. The van der Waals surface area contributed by atoms with Gasteiger partial charge in [-0.15, -0.1) is 10.2 Å². The number of benzene rings is 2.